The van der Waals surface area contributed by atoms with Gasteiger partial charge in [-0.2, -0.15) is 4.99 Å². The van der Waals surface area contributed by atoms with Gasteiger partial charge in [-0.25, -0.2) is 4.98 Å². The summed E-state index contributed by atoms with van der Waals surface area (Å²) >= 11 is 1.33. The minimum Gasteiger partial charge on any atom is -0.442 e. The van der Waals surface area contributed by atoms with Crippen LogP contribution in [-0.2, 0) is 7.05 Å². The molecule has 0 aliphatic rings. The number of rotatable bonds is 1. The average Bonchev–Trinajstić information content (AvgIpc) is 2.94. The molecule has 1 N–H and O–H groups in total. The van der Waals surface area contributed by atoms with Crippen LogP contribution in [0.5, 0.6) is 0 Å². The SMILES string of the molecule is Cc1oc2nc[nH]c(=O)c2c1C(=O)N=c1sccn1C. The molecule has 20 heavy (non-hydrogen) atoms. The first-order chi connectivity index (χ1) is 9.58. The van der Waals surface area contributed by atoms with Crippen LogP contribution in [0.4, 0.5) is 0 Å². The van der Waals surface area contributed by atoms with Crippen LogP contribution >= 0.6 is 11.3 Å². The van der Waals surface area contributed by atoms with Crippen molar-refractivity contribution in [3.05, 3.63) is 44.4 Å². The molecule has 0 spiro atoms. The summed E-state index contributed by atoms with van der Waals surface area (Å²) in [7, 11) is 1.79. The third-order valence-electron chi connectivity index (χ3n) is 2.84. The van der Waals surface area contributed by atoms with Gasteiger partial charge in [0.15, 0.2) is 4.80 Å². The van der Waals surface area contributed by atoms with E-state index in [0.717, 1.165) is 0 Å². The Hall–Kier alpha value is -2.48. The number of fused-ring (bicyclic) bond motifs is 1. The van der Waals surface area contributed by atoms with Crippen LogP contribution < -0.4 is 10.4 Å². The number of thiazole rings is 1. The summed E-state index contributed by atoms with van der Waals surface area (Å²) in [4.78, 5) is 35.0. The molecule has 0 aliphatic heterocycles. The second kappa shape index (κ2) is 4.57. The molecule has 0 bridgehead atoms. The Morgan fingerprint density at radius 3 is 3.05 bits per heavy atom. The summed E-state index contributed by atoms with van der Waals surface area (Å²) < 4.78 is 7.06. The van der Waals surface area contributed by atoms with Gasteiger partial charge < -0.3 is 14.0 Å². The van der Waals surface area contributed by atoms with E-state index in [1.807, 2.05) is 5.38 Å². The van der Waals surface area contributed by atoms with E-state index >= 15 is 0 Å². The van der Waals surface area contributed by atoms with Crippen molar-refractivity contribution in [2.45, 2.75) is 6.92 Å². The molecule has 7 nitrogen and oxygen atoms in total. The number of hydrogen-bond acceptors (Lipinski definition) is 5. The molecular weight excluding hydrogens is 280 g/mol. The number of H-pyrrole nitrogens is 1. The highest BCUT2D eigenvalue weighted by molar-refractivity contribution is 7.07. The van der Waals surface area contributed by atoms with E-state index in [4.69, 9.17) is 4.42 Å². The fraction of sp³-hybridized carbons (Fsp3) is 0.167. The van der Waals surface area contributed by atoms with Crippen LogP contribution in [0.25, 0.3) is 11.1 Å². The topological polar surface area (TPSA) is 93.2 Å². The van der Waals surface area contributed by atoms with Crippen molar-refractivity contribution < 1.29 is 9.21 Å². The van der Waals surface area contributed by atoms with E-state index in [-0.39, 0.29) is 16.7 Å². The van der Waals surface area contributed by atoms with Gasteiger partial charge in [0, 0.05) is 18.6 Å². The van der Waals surface area contributed by atoms with Crippen molar-refractivity contribution >= 4 is 28.3 Å². The zero-order chi connectivity index (χ0) is 14.3. The smallest absolute Gasteiger partial charge is 0.284 e. The second-order valence-corrected chi connectivity index (χ2v) is 5.03. The Labute approximate surface area is 116 Å². The van der Waals surface area contributed by atoms with Crippen molar-refractivity contribution in [1.29, 1.82) is 0 Å². The molecule has 0 aromatic carbocycles. The summed E-state index contributed by atoms with van der Waals surface area (Å²) in [6.07, 6.45) is 3.03. The van der Waals surface area contributed by atoms with Gasteiger partial charge in [-0.15, -0.1) is 11.3 Å². The number of aryl methyl sites for hydroxylation is 2. The molecule has 3 aromatic heterocycles. The summed E-state index contributed by atoms with van der Waals surface area (Å²) in [5.74, 6) is -0.185. The molecule has 0 saturated heterocycles. The summed E-state index contributed by atoms with van der Waals surface area (Å²) in [6, 6.07) is 0. The van der Waals surface area contributed by atoms with Crippen LogP contribution in [0, 0.1) is 6.92 Å². The third-order valence-corrected chi connectivity index (χ3v) is 3.69. The fourth-order valence-corrected chi connectivity index (χ4v) is 2.62. The molecule has 0 aliphatic carbocycles. The van der Waals surface area contributed by atoms with Gasteiger partial charge in [-0.05, 0) is 6.92 Å². The Morgan fingerprint density at radius 2 is 2.35 bits per heavy atom. The molecule has 0 atom stereocenters. The maximum absolute atomic E-state index is 12.3. The monoisotopic (exact) mass is 290 g/mol. The zero-order valence-corrected chi connectivity index (χ0v) is 11.5. The van der Waals surface area contributed by atoms with Crippen molar-refractivity contribution in [1.82, 2.24) is 14.5 Å². The maximum atomic E-state index is 12.3. The van der Waals surface area contributed by atoms with E-state index in [1.54, 1.807) is 24.7 Å². The lowest BCUT2D eigenvalue weighted by molar-refractivity contribution is 0.0997. The molecule has 3 heterocycles. The molecular formula is C12H10N4O3S. The highest BCUT2D eigenvalue weighted by Crippen LogP contribution is 2.21. The van der Waals surface area contributed by atoms with Gasteiger partial charge >= 0.3 is 0 Å². The minimum absolute atomic E-state index is 0.137. The standard InChI is InChI=1S/C12H10N4O3S/c1-6-7(8-9(17)13-5-14-11(8)19-6)10(18)15-12-16(2)3-4-20-12/h3-5H,1-2H3,(H,13,14,17). The van der Waals surface area contributed by atoms with E-state index in [0.29, 0.717) is 10.6 Å². The predicted molar refractivity (Wildman–Crippen MR) is 72.6 cm³/mol. The van der Waals surface area contributed by atoms with E-state index in [9.17, 15) is 9.59 Å². The Morgan fingerprint density at radius 1 is 1.55 bits per heavy atom. The lowest BCUT2D eigenvalue weighted by atomic mass is 10.2. The van der Waals surface area contributed by atoms with Gasteiger partial charge in [0.25, 0.3) is 11.5 Å². The molecule has 3 aromatic rings. The molecule has 8 heteroatoms. The van der Waals surface area contributed by atoms with Crippen LogP contribution in [0.1, 0.15) is 16.1 Å². The van der Waals surface area contributed by atoms with Gasteiger partial charge in [-0.3, -0.25) is 9.59 Å². The first-order valence-corrected chi connectivity index (χ1v) is 6.62. The number of furan rings is 1. The number of carbonyl (C=O) groups is 1. The number of nitrogens with zero attached hydrogens (tertiary/aromatic N) is 3. The quantitative estimate of drug-likeness (QED) is 0.722. The first kappa shape index (κ1) is 12.5. The molecule has 0 unspecified atom stereocenters. The lowest BCUT2D eigenvalue weighted by Crippen LogP contribution is -2.14. The highest BCUT2D eigenvalue weighted by atomic mass is 32.1. The van der Waals surface area contributed by atoms with Crippen LogP contribution in [0.2, 0.25) is 0 Å². The van der Waals surface area contributed by atoms with Crippen LogP contribution in [0.3, 0.4) is 0 Å². The zero-order valence-electron chi connectivity index (χ0n) is 10.7. The van der Waals surface area contributed by atoms with Crippen molar-refractivity contribution in [3.8, 4) is 0 Å². The lowest BCUT2D eigenvalue weighted by Gasteiger charge is -1.93. The molecule has 0 saturated carbocycles. The van der Waals surface area contributed by atoms with E-state index in [2.05, 4.69) is 15.0 Å². The number of aromatic amines is 1. The Balaban J connectivity index is 2.26. The van der Waals surface area contributed by atoms with Crippen LogP contribution in [-0.4, -0.2) is 20.4 Å². The average molecular weight is 290 g/mol. The summed E-state index contributed by atoms with van der Waals surface area (Å²) in [5.41, 5.74) is -0.121. The summed E-state index contributed by atoms with van der Waals surface area (Å²) in [5, 5.41) is 1.96. The number of hydrogen-bond donors (Lipinski definition) is 1. The first-order valence-electron chi connectivity index (χ1n) is 5.74. The van der Waals surface area contributed by atoms with Gasteiger partial charge in [0.2, 0.25) is 5.71 Å². The van der Waals surface area contributed by atoms with E-state index < -0.39 is 11.5 Å². The normalized spacial score (nSPS) is 12.2. The van der Waals surface area contributed by atoms with Crippen molar-refractivity contribution in [3.63, 3.8) is 0 Å². The molecule has 3 rings (SSSR count). The van der Waals surface area contributed by atoms with Gasteiger partial charge in [0.1, 0.15) is 11.1 Å². The fourth-order valence-electron chi connectivity index (χ4n) is 1.89. The number of carbonyl (C=O) groups excluding carboxylic acids is 1. The van der Waals surface area contributed by atoms with Crippen molar-refractivity contribution in [2.75, 3.05) is 0 Å². The second-order valence-electron chi connectivity index (χ2n) is 4.16. The largest absolute Gasteiger partial charge is 0.442 e. The number of aromatic nitrogens is 3. The number of nitrogens with one attached hydrogen (secondary N) is 1. The van der Waals surface area contributed by atoms with Crippen LogP contribution in [0.15, 0.2) is 32.1 Å². The van der Waals surface area contributed by atoms with E-state index in [1.165, 1.54) is 17.7 Å². The highest BCUT2D eigenvalue weighted by Gasteiger charge is 2.21. The van der Waals surface area contributed by atoms with Gasteiger partial charge in [-0.1, -0.05) is 0 Å². The molecule has 1 amide bonds. The summed E-state index contributed by atoms with van der Waals surface area (Å²) in [6.45, 7) is 1.61. The minimum atomic E-state index is -0.516. The third kappa shape index (κ3) is 1.90. The van der Waals surface area contributed by atoms with Crippen molar-refractivity contribution in [2.24, 2.45) is 12.0 Å². The maximum Gasteiger partial charge on any atom is 0.284 e. The number of amides is 1. The molecule has 0 radical (unpaired) electrons. The Kier molecular flexibility index (Phi) is 2.87. The van der Waals surface area contributed by atoms with Gasteiger partial charge in [0.05, 0.1) is 11.9 Å². The molecule has 102 valence electrons. The predicted octanol–water partition coefficient (Wildman–Crippen LogP) is 0.966. The molecule has 0 fully saturated rings. The Bertz CT molecular complexity index is 928.